The Morgan fingerprint density at radius 3 is 2.56 bits per heavy atom. The molecule has 0 aliphatic heterocycles. The summed E-state index contributed by atoms with van der Waals surface area (Å²) in [5.41, 5.74) is 1.97. The minimum Gasteiger partial charge on any atom is -0.508 e. The van der Waals surface area contributed by atoms with Crippen LogP contribution in [0.3, 0.4) is 0 Å². The number of phenols is 1. The molecular weight excluding hydrogens is 320 g/mol. The molecule has 0 fully saturated rings. The molecule has 25 heavy (non-hydrogen) atoms. The van der Waals surface area contributed by atoms with Crippen LogP contribution in [0.4, 0.5) is 0 Å². The lowest BCUT2D eigenvalue weighted by Crippen LogP contribution is -2.24. The Morgan fingerprint density at radius 1 is 1.24 bits per heavy atom. The van der Waals surface area contributed by atoms with Gasteiger partial charge in [0.1, 0.15) is 5.75 Å². The SMILES string of the molecule is COC(=O)c1cc2c(=O)n([C@@H](C)c3ccc(O)cc3)ccc2nc1C. The van der Waals surface area contributed by atoms with Crippen molar-refractivity contribution in [3.05, 3.63) is 69.8 Å². The van der Waals surface area contributed by atoms with Crippen molar-refractivity contribution in [1.82, 2.24) is 9.55 Å². The van der Waals surface area contributed by atoms with Gasteiger partial charge in [-0.05, 0) is 43.7 Å². The van der Waals surface area contributed by atoms with Gasteiger partial charge < -0.3 is 14.4 Å². The zero-order valence-corrected chi connectivity index (χ0v) is 14.2. The Morgan fingerprint density at radius 2 is 1.92 bits per heavy atom. The fraction of sp³-hybridized carbons (Fsp3) is 0.211. The Labute approximate surface area is 144 Å². The van der Waals surface area contributed by atoms with E-state index in [2.05, 4.69) is 4.98 Å². The minimum atomic E-state index is -0.520. The van der Waals surface area contributed by atoms with Crippen LogP contribution in [0.2, 0.25) is 0 Å². The first-order valence-corrected chi connectivity index (χ1v) is 7.82. The third kappa shape index (κ3) is 2.98. The van der Waals surface area contributed by atoms with E-state index in [1.54, 1.807) is 48.0 Å². The van der Waals surface area contributed by atoms with Gasteiger partial charge in [-0.1, -0.05) is 12.1 Å². The number of ether oxygens (including phenoxy) is 1. The highest BCUT2D eigenvalue weighted by atomic mass is 16.5. The van der Waals surface area contributed by atoms with Crippen molar-refractivity contribution in [2.24, 2.45) is 0 Å². The van der Waals surface area contributed by atoms with E-state index in [1.807, 2.05) is 6.92 Å². The number of esters is 1. The van der Waals surface area contributed by atoms with Crippen LogP contribution in [0.25, 0.3) is 10.9 Å². The number of carbonyl (C=O) groups is 1. The molecule has 0 saturated carbocycles. The predicted molar refractivity (Wildman–Crippen MR) is 94.0 cm³/mol. The number of hydrogen-bond donors (Lipinski definition) is 1. The Kier molecular flexibility index (Phi) is 4.27. The van der Waals surface area contributed by atoms with Crippen molar-refractivity contribution in [1.29, 1.82) is 0 Å². The van der Waals surface area contributed by atoms with Gasteiger partial charge >= 0.3 is 5.97 Å². The van der Waals surface area contributed by atoms with Gasteiger partial charge in [-0.3, -0.25) is 9.78 Å². The van der Waals surface area contributed by atoms with E-state index < -0.39 is 5.97 Å². The second-order valence-corrected chi connectivity index (χ2v) is 5.84. The van der Waals surface area contributed by atoms with E-state index >= 15 is 0 Å². The van der Waals surface area contributed by atoms with Crippen molar-refractivity contribution < 1.29 is 14.6 Å². The molecule has 0 aliphatic carbocycles. The fourth-order valence-corrected chi connectivity index (χ4v) is 2.81. The average Bonchev–Trinajstić information content (AvgIpc) is 2.61. The zero-order valence-electron chi connectivity index (χ0n) is 14.2. The van der Waals surface area contributed by atoms with E-state index in [1.165, 1.54) is 13.2 Å². The molecule has 128 valence electrons. The molecule has 0 bridgehead atoms. The van der Waals surface area contributed by atoms with Crippen molar-refractivity contribution >= 4 is 16.9 Å². The number of aromatic nitrogens is 2. The minimum absolute atomic E-state index is 0.171. The maximum absolute atomic E-state index is 12.9. The molecule has 0 radical (unpaired) electrons. The number of rotatable bonds is 3. The molecule has 3 rings (SSSR count). The summed E-state index contributed by atoms with van der Waals surface area (Å²) in [6.45, 7) is 3.60. The molecule has 0 spiro atoms. The van der Waals surface area contributed by atoms with Crippen molar-refractivity contribution in [3.8, 4) is 5.75 Å². The quantitative estimate of drug-likeness (QED) is 0.743. The summed E-state index contributed by atoms with van der Waals surface area (Å²) in [4.78, 5) is 29.1. The molecule has 0 saturated heterocycles. The van der Waals surface area contributed by atoms with E-state index in [0.717, 1.165) is 5.56 Å². The monoisotopic (exact) mass is 338 g/mol. The highest BCUT2D eigenvalue weighted by molar-refractivity contribution is 5.94. The normalized spacial score (nSPS) is 12.1. The number of benzene rings is 1. The summed E-state index contributed by atoms with van der Waals surface area (Å²) < 4.78 is 6.33. The van der Waals surface area contributed by atoms with E-state index in [9.17, 15) is 14.7 Å². The molecule has 0 amide bonds. The van der Waals surface area contributed by atoms with Gasteiger partial charge in [0.25, 0.3) is 5.56 Å². The standard InChI is InChI=1S/C19H18N2O4/c1-11-15(19(24)25-3)10-16-17(20-11)8-9-21(18(16)23)12(2)13-4-6-14(22)7-5-13/h4-10,12,22H,1-3H3/t12-/m0/s1. The predicted octanol–water partition coefficient (Wildman–Crippen LogP) is 2.81. The van der Waals surface area contributed by atoms with Gasteiger partial charge in [0.05, 0.1) is 35.3 Å². The molecule has 1 atom stereocenters. The Bertz CT molecular complexity index is 1010. The molecule has 2 heterocycles. The topological polar surface area (TPSA) is 81.4 Å². The Balaban J connectivity index is 2.16. The second-order valence-electron chi connectivity index (χ2n) is 5.84. The second kappa shape index (κ2) is 6.39. The smallest absolute Gasteiger partial charge is 0.339 e. The number of phenolic OH excluding ortho intramolecular Hbond substituents is 1. The highest BCUT2D eigenvalue weighted by Crippen LogP contribution is 2.21. The van der Waals surface area contributed by atoms with Crippen LogP contribution < -0.4 is 5.56 Å². The summed E-state index contributed by atoms with van der Waals surface area (Å²) >= 11 is 0. The van der Waals surface area contributed by atoms with Crippen LogP contribution in [-0.2, 0) is 4.74 Å². The van der Waals surface area contributed by atoms with Gasteiger partial charge in [0.2, 0.25) is 0 Å². The molecule has 2 aromatic heterocycles. The number of aryl methyl sites for hydroxylation is 1. The van der Waals surface area contributed by atoms with Gasteiger partial charge in [0.15, 0.2) is 0 Å². The zero-order chi connectivity index (χ0) is 18.1. The summed E-state index contributed by atoms with van der Waals surface area (Å²) in [6, 6.07) is 9.75. The van der Waals surface area contributed by atoms with Crippen LogP contribution in [0.5, 0.6) is 5.75 Å². The average molecular weight is 338 g/mol. The number of methoxy groups -OCH3 is 1. The van der Waals surface area contributed by atoms with Gasteiger partial charge in [0, 0.05) is 6.20 Å². The molecule has 1 aromatic carbocycles. The fourth-order valence-electron chi connectivity index (χ4n) is 2.81. The third-order valence-corrected chi connectivity index (χ3v) is 4.30. The first kappa shape index (κ1) is 16.7. The molecule has 1 N–H and O–H groups in total. The summed E-state index contributed by atoms with van der Waals surface area (Å²) in [5, 5.41) is 9.78. The van der Waals surface area contributed by atoms with Crippen LogP contribution in [0.1, 0.15) is 34.6 Å². The van der Waals surface area contributed by atoms with Crippen LogP contribution in [0, 0.1) is 6.92 Å². The molecule has 6 heteroatoms. The largest absolute Gasteiger partial charge is 0.508 e. The number of pyridine rings is 2. The van der Waals surface area contributed by atoms with Crippen molar-refractivity contribution in [3.63, 3.8) is 0 Å². The van der Waals surface area contributed by atoms with Gasteiger partial charge in [-0.25, -0.2) is 4.79 Å². The number of fused-ring (bicyclic) bond motifs is 1. The maximum Gasteiger partial charge on any atom is 0.339 e. The van der Waals surface area contributed by atoms with E-state index in [-0.39, 0.29) is 22.9 Å². The summed E-state index contributed by atoms with van der Waals surface area (Å²) in [5.74, 6) is -0.350. The maximum atomic E-state index is 12.9. The number of nitrogens with zero attached hydrogens (tertiary/aromatic N) is 2. The lowest BCUT2D eigenvalue weighted by molar-refractivity contribution is 0.0599. The molecule has 3 aromatic rings. The molecular formula is C19H18N2O4. The van der Waals surface area contributed by atoms with E-state index in [4.69, 9.17) is 4.74 Å². The third-order valence-electron chi connectivity index (χ3n) is 4.30. The number of hydrogen-bond acceptors (Lipinski definition) is 5. The van der Waals surface area contributed by atoms with Gasteiger partial charge in [-0.2, -0.15) is 0 Å². The molecule has 0 unspecified atom stereocenters. The highest BCUT2D eigenvalue weighted by Gasteiger charge is 2.16. The summed E-state index contributed by atoms with van der Waals surface area (Å²) in [7, 11) is 1.29. The van der Waals surface area contributed by atoms with Crippen LogP contribution in [0.15, 0.2) is 47.4 Å². The summed E-state index contributed by atoms with van der Waals surface area (Å²) in [6.07, 6.45) is 1.69. The molecule has 6 nitrogen and oxygen atoms in total. The van der Waals surface area contributed by atoms with Gasteiger partial charge in [-0.15, -0.1) is 0 Å². The Hall–Kier alpha value is -3.15. The van der Waals surface area contributed by atoms with Crippen molar-refractivity contribution in [2.75, 3.05) is 7.11 Å². The number of carbonyl (C=O) groups excluding carboxylic acids is 1. The van der Waals surface area contributed by atoms with Crippen LogP contribution in [-0.4, -0.2) is 27.7 Å². The first-order chi connectivity index (χ1) is 11.9. The molecule has 0 aliphatic rings. The number of aromatic hydroxyl groups is 1. The van der Waals surface area contributed by atoms with Crippen LogP contribution >= 0.6 is 0 Å². The lowest BCUT2D eigenvalue weighted by atomic mass is 10.1. The lowest BCUT2D eigenvalue weighted by Gasteiger charge is -2.16. The first-order valence-electron chi connectivity index (χ1n) is 7.82. The van der Waals surface area contributed by atoms with E-state index in [0.29, 0.717) is 16.6 Å². The van der Waals surface area contributed by atoms with Crippen molar-refractivity contribution in [2.45, 2.75) is 19.9 Å².